The van der Waals surface area contributed by atoms with Crippen LogP contribution in [0, 0.1) is 0 Å². The standard InChI is InChI=1S/C34H21N/c1-3-9-25-20(7-1)13-22-16-28-23(15-27(22)25)14-24-17-31-30(19-29(24)28)26-10-4-6-12-33(26)35-32-11-5-2-8-21(32)18-34(31)35/h1-12,15-19H,13-14H2. The largest absolute Gasteiger partial charge is 0.309 e. The summed E-state index contributed by atoms with van der Waals surface area (Å²) < 4.78 is 2.45. The monoisotopic (exact) mass is 443 g/mol. The van der Waals surface area contributed by atoms with Gasteiger partial charge in [-0.1, -0.05) is 60.7 Å². The van der Waals surface area contributed by atoms with E-state index in [1.54, 1.807) is 0 Å². The van der Waals surface area contributed by atoms with Crippen LogP contribution in [0.25, 0.3) is 60.3 Å². The number of aromatic nitrogens is 1. The molecule has 2 aliphatic rings. The first-order valence-electron chi connectivity index (χ1n) is 12.5. The van der Waals surface area contributed by atoms with Crippen LogP contribution in [0.3, 0.4) is 0 Å². The highest BCUT2D eigenvalue weighted by Crippen LogP contribution is 2.47. The van der Waals surface area contributed by atoms with E-state index in [1.165, 1.54) is 82.6 Å². The van der Waals surface area contributed by atoms with E-state index in [4.69, 9.17) is 0 Å². The summed E-state index contributed by atoms with van der Waals surface area (Å²) in [4.78, 5) is 0. The van der Waals surface area contributed by atoms with E-state index in [0.29, 0.717) is 0 Å². The number of benzene rings is 5. The summed E-state index contributed by atoms with van der Waals surface area (Å²) in [6.07, 6.45) is 2.05. The molecule has 0 unspecified atom stereocenters. The molecule has 0 N–H and O–H groups in total. The van der Waals surface area contributed by atoms with Crippen molar-refractivity contribution in [2.75, 3.05) is 0 Å². The van der Waals surface area contributed by atoms with Gasteiger partial charge in [0.2, 0.25) is 0 Å². The van der Waals surface area contributed by atoms with Crippen molar-refractivity contribution in [3.63, 3.8) is 0 Å². The molecule has 0 amide bonds. The third-order valence-corrected chi connectivity index (χ3v) is 8.35. The SMILES string of the molecule is c1ccc2c(c1)Cc1cc3c(cc1-2)Cc1cc2c(cc1-3)c1ccccc1n1c3ccccc3cc21. The van der Waals surface area contributed by atoms with Gasteiger partial charge in [-0.05, 0) is 105 Å². The Morgan fingerprint density at radius 1 is 0.400 bits per heavy atom. The normalized spacial score (nSPS) is 13.5. The highest BCUT2D eigenvalue weighted by atomic mass is 14.9. The predicted octanol–water partition coefficient (Wildman–Crippen LogP) is 8.54. The van der Waals surface area contributed by atoms with E-state index in [2.05, 4.69) is 108 Å². The Hall–Kier alpha value is -4.36. The van der Waals surface area contributed by atoms with Crippen molar-refractivity contribution in [1.82, 2.24) is 4.40 Å². The summed E-state index contributed by atoms with van der Waals surface area (Å²) in [5.74, 6) is 0. The lowest BCUT2D eigenvalue weighted by molar-refractivity contribution is 1.24. The van der Waals surface area contributed by atoms with E-state index >= 15 is 0 Å². The number of nitrogens with zero attached hydrogens (tertiary/aromatic N) is 1. The Morgan fingerprint density at radius 2 is 1.06 bits per heavy atom. The van der Waals surface area contributed by atoms with Crippen LogP contribution in [0.5, 0.6) is 0 Å². The zero-order valence-electron chi connectivity index (χ0n) is 19.2. The van der Waals surface area contributed by atoms with E-state index in [1.807, 2.05) is 0 Å². The summed E-state index contributed by atoms with van der Waals surface area (Å²) in [5.41, 5.74) is 15.4. The third kappa shape index (κ3) is 2.24. The number of para-hydroxylation sites is 2. The molecule has 0 bridgehead atoms. The summed E-state index contributed by atoms with van der Waals surface area (Å²) in [7, 11) is 0. The molecular formula is C34H21N. The minimum atomic E-state index is 1.01. The fraction of sp³-hybridized carbons (Fsp3) is 0.0588. The van der Waals surface area contributed by atoms with Crippen molar-refractivity contribution in [3.8, 4) is 22.3 Å². The molecule has 0 saturated heterocycles. The van der Waals surface area contributed by atoms with Gasteiger partial charge in [-0.15, -0.1) is 0 Å². The Morgan fingerprint density at radius 3 is 1.97 bits per heavy atom. The minimum Gasteiger partial charge on any atom is -0.309 e. The average molecular weight is 444 g/mol. The predicted molar refractivity (Wildman–Crippen MR) is 146 cm³/mol. The first-order valence-corrected chi connectivity index (χ1v) is 12.5. The minimum absolute atomic E-state index is 1.01. The molecule has 7 aromatic rings. The Labute approximate surface area is 202 Å². The molecule has 1 heteroatoms. The van der Waals surface area contributed by atoms with Gasteiger partial charge >= 0.3 is 0 Å². The van der Waals surface area contributed by atoms with Gasteiger partial charge in [-0.25, -0.2) is 0 Å². The lowest BCUT2D eigenvalue weighted by Gasteiger charge is -2.12. The first-order chi connectivity index (χ1) is 17.3. The van der Waals surface area contributed by atoms with Gasteiger partial charge in [0, 0.05) is 16.2 Å². The molecule has 1 nitrogen and oxygen atoms in total. The van der Waals surface area contributed by atoms with E-state index in [-0.39, 0.29) is 0 Å². The maximum Gasteiger partial charge on any atom is 0.0547 e. The Bertz CT molecular complexity index is 2050. The van der Waals surface area contributed by atoms with Crippen LogP contribution in [-0.4, -0.2) is 4.40 Å². The number of hydrogen-bond acceptors (Lipinski definition) is 0. The van der Waals surface area contributed by atoms with E-state index in [9.17, 15) is 0 Å². The molecule has 0 fully saturated rings. The number of rotatable bonds is 0. The van der Waals surface area contributed by atoms with Gasteiger partial charge in [0.25, 0.3) is 0 Å². The maximum atomic E-state index is 2.48. The van der Waals surface area contributed by atoms with E-state index in [0.717, 1.165) is 12.8 Å². The van der Waals surface area contributed by atoms with Crippen LogP contribution in [0.15, 0.2) is 103 Å². The smallest absolute Gasteiger partial charge is 0.0547 e. The van der Waals surface area contributed by atoms with Crippen molar-refractivity contribution in [2.45, 2.75) is 12.8 Å². The highest BCUT2D eigenvalue weighted by molar-refractivity contribution is 6.17. The fourth-order valence-electron chi connectivity index (χ4n) is 6.82. The molecule has 0 aliphatic heterocycles. The number of fused-ring (bicyclic) bond motifs is 14. The average Bonchev–Trinajstić information content (AvgIpc) is 3.57. The molecule has 162 valence electrons. The van der Waals surface area contributed by atoms with Crippen LogP contribution in [0.4, 0.5) is 0 Å². The zero-order valence-corrected chi connectivity index (χ0v) is 19.2. The van der Waals surface area contributed by atoms with E-state index < -0.39 is 0 Å². The molecule has 35 heavy (non-hydrogen) atoms. The molecule has 0 atom stereocenters. The molecule has 0 spiro atoms. The second kappa shape index (κ2) is 6.20. The van der Waals surface area contributed by atoms with Gasteiger partial charge in [0.15, 0.2) is 0 Å². The van der Waals surface area contributed by atoms with Gasteiger partial charge in [-0.3, -0.25) is 0 Å². The molecule has 9 rings (SSSR count). The number of pyridine rings is 1. The first kappa shape index (κ1) is 18.0. The summed E-state index contributed by atoms with van der Waals surface area (Å²) in [6.45, 7) is 0. The van der Waals surface area contributed by atoms with Gasteiger partial charge in [-0.2, -0.15) is 0 Å². The Kier molecular flexibility index (Phi) is 3.19. The van der Waals surface area contributed by atoms with Crippen LogP contribution >= 0.6 is 0 Å². The van der Waals surface area contributed by atoms with Crippen LogP contribution in [-0.2, 0) is 12.8 Å². The second-order valence-electron chi connectivity index (χ2n) is 10.2. The molecule has 2 aromatic heterocycles. The van der Waals surface area contributed by atoms with Crippen molar-refractivity contribution in [2.24, 2.45) is 0 Å². The highest BCUT2D eigenvalue weighted by Gasteiger charge is 2.26. The van der Waals surface area contributed by atoms with Crippen LogP contribution < -0.4 is 0 Å². The van der Waals surface area contributed by atoms with Crippen molar-refractivity contribution in [1.29, 1.82) is 0 Å². The third-order valence-electron chi connectivity index (χ3n) is 8.35. The maximum absolute atomic E-state index is 2.48. The summed E-state index contributed by atoms with van der Waals surface area (Å²) in [5, 5.41) is 5.32. The lowest BCUT2D eigenvalue weighted by atomic mass is 9.96. The molecule has 0 radical (unpaired) electrons. The molecular weight excluding hydrogens is 422 g/mol. The molecule has 2 heterocycles. The quantitative estimate of drug-likeness (QED) is 0.207. The van der Waals surface area contributed by atoms with Crippen LogP contribution in [0.1, 0.15) is 22.3 Å². The van der Waals surface area contributed by atoms with Crippen molar-refractivity contribution >= 4 is 38.1 Å². The zero-order chi connectivity index (χ0) is 22.7. The Balaban J connectivity index is 1.37. The van der Waals surface area contributed by atoms with Crippen LogP contribution in [0.2, 0.25) is 0 Å². The second-order valence-corrected chi connectivity index (χ2v) is 10.2. The van der Waals surface area contributed by atoms with Gasteiger partial charge in [0.1, 0.15) is 0 Å². The van der Waals surface area contributed by atoms with Gasteiger partial charge in [0.05, 0.1) is 16.6 Å². The molecule has 2 aliphatic carbocycles. The van der Waals surface area contributed by atoms with Gasteiger partial charge < -0.3 is 4.40 Å². The summed E-state index contributed by atoms with van der Waals surface area (Å²) in [6, 6.07) is 38.8. The van der Waals surface area contributed by atoms with Crippen molar-refractivity contribution in [3.05, 3.63) is 125 Å². The summed E-state index contributed by atoms with van der Waals surface area (Å²) >= 11 is 0. The molecule has 5 aromatic carbocycles. The lowest BCUT2D eigenvalue weighted by Crippen LogP contribution is -1.92. The topological polar surface area (TPSA) is 4.41 Å². The fourth-order valence-corrected chi connectivity index (χ4v) is 6.82. The number of hydrogen-bond donors (Lipinski definition) is 0. The van der Waals surface area contributed by atoms with Crippen molar-refractivity contribution < 1.29 is 0 Å². The molecule has 0 saturated carbocycles.